The van der Waals surface area contributed by atoms with Crippen LogP contribution < -0.4 is 16.4 Å². The first kappa shape index (κ1) is 17.5. The molecule has 132 valence electrons. The van der Waals surface area contributed by atoms with E-state index in [-0.39, 0.29) is 21.2 Å². The summed E-state index contributed by atoms with van der Waals surface area (Å²) < 4.78 is 25.4. The van der Waals surface area contributed by atoms with E-state index in [4.69, 9.17) is 5.73 Å². The van der Waals surface area contributed by atoms with Crippen molar-refractivity contribution in [3.05, 3.63) is 78.9 Å². The van der Waals surface area contributed by atoms with Crippen molar-refractivity contribution >= 4 is 32.9 Å². The molecule has 0 spiro atoms. The minimum absolute atomic E-state index is 0.0490. The molecule has 0 atom stereocenters. The molecule has 0 fully saturated rings. The highest BCUT2D eigenvalue weighted by molar-refractivity contribution is 7.91. The van der Waals surface area contributed by atoms with Gasteiger partial charge in [0.25, 0.3) is 0 Å². The Kier molecular flexibility index (Phi) is 4.90. The lowest BCUT2D eigenvalue weighted by Gasteiger charge is -2.12. The lowest BCUT2D eigenvalue weighted by atomic mass is 10.2. The molecule has 0 saturated heterocycles. The van der Waals surface area contributed by atoms with Crippen molar-refractivity contribution in [2.45, 2.75) is 9.79 Å². The molecule has 0 aliphatic rings. The molecule has 0 radical (unpaired) electrons. The van der Waals surface area contributed by atoms with Gasteiger partial charge in [0.1, 0.15) is 0 Å². The largest absolute Gasteiger partial charge is 0.397 e. The van der Waals surface area contributed by atoms with E-state index in [0.717, 1.165) is 0 Å². The molecular weight excluding hydrogens is 350 g/mol. The highest BCUT2D eigenvalue weighted by Gasteiger charge is 2.19. The van der Waals surface area contributed by atoms with E-state index in [1.807, 2.05) is 6.07 Å². The first-order valence-electron chi connectivity index (χ1n) is 7.79. The lowest BCUT2D eigenvalue weighted by Crippen LogP contribution is -2.20. The fourth-order valence-electron chi connectivity index (χ4n) is 2.35. The number of nitrogens with two attached hydrogens (primary N) is 1. The second kappa shape index (κ2) is 7.28. The van der Waals surface area contributed by atoms with Gasteiger partial charge in [0.05, 0.1) is 21.2 Å². The third-order valence-corrected chi connectivity index (χ3v) is 5.44. The number of hydrogen-bond acceptors (Lipinski definition) is 4. The van der Waals surface area contributed by atoms with E-state index in [1.54, 1.807) is 42.5 Å². The predicted octanol–water partition coefficient (Wildman–Crippen LogP) is 3.75. The van der Waals surface area contributed by atoms with Crippen molar-refractivity contribution < 1.29 is 13.2 Å². The SMILES string of the molecule is Nc1ccc(S(=O)(=O)c2ccccc2)cc1NC(=O)Nc1ccccc1. The molecule has 26 heavy (non-hydrogen) atoms. The minimum Gasteiger partial charge on any atom is -0.397 e. The Labute approximate surface area is 151 Å². The number of sulfone groups is 1. The predicted molar refractivity (Wildman–Crippen MR) is 102 cm³/mol. The van der Waals surface area contributed by atoms with Gasteiger partial charge < -0.3 is 16.4 Å². The molecule has 0 bridgehead atoms. The van der Waals surface area contributed by atoms with E-state index in [2.05, 4.69) is 10.6 Å². The van der Waals surface area contributed by atoms with E-state index in [9.17, 15) is 13.2 Å². The van der Waals surface area contributed by atoms with Gasteiger partial charge in [-0.25, -0.2) is 13.2 Å². The molecule has 0 heterocycles. The number of amides is 2. The van der Waals surface area contributed by atoms with Gasteiger partial charge in [-0.1, -0.05) is 36.4 Å². The molecular formula is C19H17N3O3S. The zero-order valence-electron chi connectivity index (χ0n) is 13.7. The van der Waals surface area contributed by atoms with Crippen LogP contribution in [0.5, 0.6) is 0 Å². The fraction of sp³-hybridized carbons (Fsp3) is 0. The third kappa shape index (κ3) is 3.84. The molecule has 7 heteroatoms. The Balaban J connectivity index is 1.85. The molecule has 3 aromatic carbocycles. The summed E-state index contributed by atoms with van der Waals surface area (Å²) >= 11 is 0. The fourth-order valence-corrected chi connectivity index (χ4v) is 3.66. The average molecular weight is 367 g/mol. The number of carbonyl (C=O) groups excluding carboxylic acids is 1. The van der Waals surface area contributed by atoms with Gasteiger partial charge in [-0.2, -0.15) is 0 Å². The number of urea groups is 1. The summed E-state index contributed by atoms with van der Waals surface area (Å²) in [5.74, 6) is 0. The Morgan fingerprint density at radius 1 is 0.769 bits per heavy atom. The number of anilines is 3. The summed E-state index contributed by atoms with van der Waals surface area (Å²) in [7, 11) is -3.70. The highest BCUT2D eigenvalue weighted by atomic mass is 32.2. The van der Waals surface area contributed by atoms with Crippen molar-refractivity contribution in [3.63, 3.8) is 0 Å². The van der Waals surface area contributed by atoms with Crippen LogP contribution in [0.3, 0.4) is 0 Å². The molecule has 0 saturated carbocycles. The van der Waals surface area contributed by atoms with Crippen LogP contribution in [0.4, 0.5) is 21.9 Å². The second-order valence-corrected chi connectivity index (χ2v) is 7.46. The van der Waals surface area contributed by atoms with Gasteiger partial charge in [-0.05, 0) is 42.5 Å². The van der Waals surface area contributed by atoms with E-state index in [1.165, 1.54) is 30.3 Å². The normalized spacial score (nSPS) is 10.9. The molecule has 0 aromatic heterocycles. The van der Waals surface area contributed by atoms with Gasteiger partial charge in [0.15, 0.2) is 0 Å². The van der Waals surface area contributed by atoms with Gasteiger partial charge >= 0.3 is 6.03 Å². The van der Waals surface area contributed by atoms with Crippen LogP contribution in [0.2, 0.25) is 0 Å². The zero-order valence-corrected chi connectivity index (χ0v) is 14.5. The van der Waals surface area contributed by atoms with Crippen LogP contribution in [0.1, 0.15) is 0 Å². The molecule has 2 amide bonds. The van der Waals surface area contributed by atoms with E-state index in [0.29, 0.717) is 5.69 Å². The minimum atomic E-state index is -3.70. The maximum Gasteiger partial charge on any atom is 0.323 e. The Hall–Kier alpha value is -3.32. The van der Waals surface area contributed by atoms with Crippen molar-refractivity contribution in [3.8, 4) is 0 Å². The monoisotopic (exact) mass is 367 g/mol. The summed E-state index contributed by atoms with van der Waals surface area (Å²) in [4.78, 5) is 12.4. The van der Waals surface area contributed by atoms with Crippen LogP contribution in [0.15, 0.2) is 88.7 Å². The van der Waals surface area contributed by atoms with Gasteiger partial charge in [-0.3, -0.25) is 0 Å². The number of benzene rings is 3. The second-order valence-electron chi connectivity index (χ2n) is 5.51. The smallest absolute Gasteiger partial charge is 0.323 e. The molecule has 0 aliphatic carbocycles. The molecule has 0 aliphatic heterocycles. The Bertz CT molecular complexity index is 1020. The van der Waals surface area contributed by atoms with Gasteiger partial charge in [-0.15, -0.1) is 0 Å². The average Bonchev–Trinajstić information content (AvgIpc) is 2.65. The maximum absolute atomic E-state index is 12.7. The molecule has 4 N–H and O–H groups in total. The van der Waals surface area contributed by atoms with Crippen LogP contribution in [0, 0.1) is 0 Å². The quantitative estimate of drug-likeness (QED) is 0.611. The standard InChI is InChI=1S/C19H17N3O3S/c20-17-12-11-16(26(24,25)15-9-5-2-6-10-15)13-18(17)22-19(23)21-14-7-3-1-4-8-14/h1-13H,20H2,(H2,21,22,23). The summed E-state index contributed by atoms with van der Waals surface area (Å²) in [6.07, 6.45) is 0. The number of rotatable bonds is 4. The number of para-hydroxylation sites is 1. The maximum atomic E-state index is 12.7. The molecule has 0 unspecified atom stereocenters. The number of nitrogens with one attached hydrogen (secondary N) is 2. The van der Waals surface area contributed by atoms with Crippen molar-refractivity contribution in [1.82, 2.24) is 0 Å². The first-order chi connectivity index (χ1) is 12.5. The first-order valence-corrected chi connectivity index (χ1v) is 9.28. The lowest BCUT2D eigenvalue weighted by molar-refractivity contribution is 0.262. The summed E-state index contributed by atoms with van der Waals surface area (Å²) in [6, 6.07) is 20.6. The third-order valence-electron chi connectivity index (χ3n) is 3.67. The number of carbonyl (C=O) groups is 1. The molecule has 3 rings (SSSR count). The Morgan fingerprint density at radius 3 is 2.04 bits per heavy atom. The van der Waals surface area contributed by atoms with Gasteiger partial charge in [0.2, 0.25) is 9.84 Å². The van der Waals surface area contributed by atoms with E-state index < -0.39 is 15.9 Å². The van der Waals surface area contributed by atoms with Crippen LogP contribution in [-0.4, -0.2) is 14.4 Å². The van der Waals surface area contributed by atoms with Crippen LogP contribution >= 0.6 is 0 Å². The number of nitrogen functional groups attached to an aromatic ring is 1. The van der Waals surface area contributed by atoms with Crippen LogP contribution in [-0.2, 0) is 9.84 Å². The van der Waals surface area contributed by atoms with Crippen LogP contribution in [0.25, 0.3) is 0 Å². The van der Waals surface area contributed by atoms with Crippen molar-refractivity contribution in [2.24, 2.45) is 0 Å². The van der Waals surface area contributed by atoms with E-state index >= 15 is 0 Å². The van der Waals surface area contributed by atoms with Crippen molar-refractivity contribution in [2.75, 3.05) is 16.4 Å². The molecule has 6 nitrogen and oxygen atoms in total. The summed E-state index contributed by atoms with van der Waals surface area (Å²) in [5, 5.41) is 5.24. The number of hydrogen-bond donors (Lipinski definition) is 3. The summed E-state index contributed by atoms with van der Waals surface area (Å²) in [6.45, 7) is 0. The van der Waals surface area contributed by atoms with Crippen molar-refractivity contribution in [1.29, 1.82) is 0 Å². The molecule has 3 aromatic rings. The highest BCUT2D eigenvalue weighted by Crippen LogP contribution is 2.27. The topological polar surface area (TPSA) is 101 Å². The Morgan fingerprint density at radius 2 is 1.38 bits per heavy atom. The summed E-state index contributed by atoms with van der Waals surface area (Å²) in [5.41, 5.74) is 6.97. The zero-order chi connectivity index (χ0) is 18.6. The van der Waals surface area contributed by atoms with Gasteiger partial charge in [0, 0.05) is 5.69 Å².